The van der Waals surface area contributed by atoms with Crippen molar-refractivity contribution < 1.29 is 13.9 Å². The summed E-state index contributed by atoms with van der Waals surface area (Å²) in [4.78, 5) is 12.8. The van der Waals surface area contributed by atoms with Gasteiger partial charge in [-0.25, -0.2) is 9.07 Å². The molecule has 6 heteroatoms. The van der Waals surface area contributed by atoms with E-state index in [-0.39, 0.29) is 29.3 Å². The van der Waals surface area contributed by atoms with Gasteiger partial charge in [0.25, 0.3) is 0 Å². The number of aryl methyl sites for hydroxylation is 2. The number of ether oxygens (including phenoxy) is 1. The number of benzene rings is 3. The molecule has 5 nitrogen and oxygen atoms in total. The summed E-state index contributed by atoms with van der Waals surface area (Å²) in [6.45, 7) is 8.17. The van der Waals surface area contributed by atoms with E-state index in [2.05, 4.69) is 42.5 Å². The highest BCUT2D eigenvalue weighted by Crippen LogP contribution is 2.45. The first kappa shape index (κ1) is 23.1. The highest BCUT2D eigenvalue weighted by atomic mass is 19.1. The number of carbonyl (C=O) groups excluding carboxylic acids is 1. The Labute approximate surface area is 204 Å². The summed E-state index contributed by atoms with van der Waals surface area (Å²) in [6.07, 6.45) is 3.27. The molecule has 0 radical (unpaired) electrons. The van der Waals surface area contributed by atoms with E-state index in [1.807, 2.05) is 32.0 Å². The minimum Gasteiger partial charge on any atom is -0.484 e. The van der Waals surface area contributed by atoms with E-state index in [0.717, 1.165) is 35.0 Å². The standard InChI is InChI=1S/C29H30FN3O2/c1-18-5-6-21(15-19(18)2)27(20(3)32-28(34)29(4)13-14-29)35-25-11-12-26-22(16-25)17-31-33(26)24-9-7-23(30)8-10-24/h5-12,15-17,20,27H,13-14H2,1-4H3,(H,32,34)/t20-,27?/m0/s1. The van der Waals surface area contributed by atoms with Crippen LogP contribution in [-0.4, -0.2) is 21.7 Å². The van der Waals surface area contributed by atoms with Crippen LogP contribution >= 0.6 is 0 Å². The fraction of sp³-hybridized carbons (Fsp3) is 0.310. The zero-order chi connectivity index (χ0) is 24.7. The predicted molar refractivity (Wildman–Crippen MR) is 135 cm³/mol. The van der Waals surface area contributed by atoms with Crippen molar-refractivity contribution >= 4 is 16.8 Å². The molecule has 1 amide bonds. The summed E-state index contributed by atoms with van der Waals surface area (Å²) >= 11 is 0. The summed E-state index contributed by atoms with van der Waals surface area (Å²) in [5.74, 6) is 0.492. The van der Waals surface area contributed by atoms with E-state index in [4.69, 9.17) is 4.74 Å². The van der Waals surface area contributed by atoms with Crippen LogP contribution in [-0.2, 0) is 4.79 Å². The smallest absolute Gasteiger partial charge is 0.226 e. The van der Waals surface area contributed by atoms with Gasteiger partial charge in [0.2, 0.25) is 5.91 Å². The van der Waals surface area contributed by atoms with Crippen LogP contribution < -0.4 is 10.1 Å². The van der Waals surface area contributed by atoms with Gasteiger partial charge in [-0.2, -0.15) is 5.10 Å². The minimum absolute atomic E-state index is 0.0819. The van der Waals surface area contributed by atoms with Gasteiger partial charge in [0.15, 0.2) is 0 Å². The van der Waals surface area contributed by atoms with Crippen LogP contribution in [0.3, 0.4) is 0 Å². The summed E-state index contributed by atoms with van der Waals surface area (Å²) in [6, 6.07) is 18.1. The first-order valence-electron chi connectivity index (χ1n) is 12.0. The summed E-state index contributed by atoms with van der Waals surface area (Å²) in [7, 11) is 0. The Morgan fingerprint density at radius 2 is 1.80 bits per heavy atom. The van der Waals surface area contributed by atoms with Gasteiger partial charge in [0.05, 0.1) is 23.4 Å². The topological polar surface area (TPSA) is 56.1 Å². The Kier molecular flexibility index (Phi) is 5.83. The zero-order valence-electron chi connectivity index (χ0n) is 20.5. The van der Waals surface area contributed by atoms with Gasteiger partial charge in [0, 0.05) is 10.8 Å². The molecule has 1 saturated carbocycles. The number of hydrogen-bond acceptors (Lipinski definition) is 3. The van der Waals surface area contributed by atoms with Gasteiger partial charge in [0.1, 0.15) is 17.7 Å². The largest absolute Gasteiger partial charge is 0.484 e. The van der Waals surface area contributed by atoms with Crippen LogP contribution in [0.4, 0.5) is 4.39 Å². The Balaban J connectivity index is 1.44. The molecule has 35 heavy (non-hydrogen) atoms. The van der Waals surface area contributed by atoms with E-state index in [9.17, 15) is 9.18 Å². The van der Waals surface area contributed by atoms with Gasteiger partial charge >= 0.3 is 0 Å². The maximum Gasteiger partial charge on any atom is 0.226 e. The van der Waals surface area contributed by atoms with E-state index in [0.29, 0.717) is 5.75 Å². The lowest BCUT2D eigenvalue weighted by Crippen LogP contribution is -2.42. The SMILES string of the molecule is Cc1ccc(C(Oc2ccc3c(cnn3-c3ccc(F)cc3)c2)[C@H](C)NC(=O)C2(C)CC2)cc1C. The molecular weight excluding hydrogens is 441 g/mol. The average molecular weight is 472 g/mol. The third kappa shape index (κ3) is 4.65. The highest BCUT2D eigenvalue weighted by Gasteiger charge is 2.45. The molecule has 5 rings (SSSR count). The van der Waals surface area contributed by atoms with Crippen molar-refractivity contribution in [2.45, 2.75) is 52.7 Å². The van der Waals surface area contributed by atoms with Gasteiger partial charge in [-0.05, 0) is 92.8 Å². The molecule has 1 aliphatic carbocycles. The zero-order valence-corrected chi connectivity index (χ0v) is 20.5. The number of rotatable bonds is 7. The van der Waals surface area contributed by atoms with Crippen molar-refractivity contribution in [3.05, 3.63) is 89.4 Å². The lowest BCUT2D eigenvalue weighted by Gasteiger charge is -2.28. The van der Waals surface area contributed by atoms with Gasteiger partial charge < -0.3 is 10.1 Å². The van der Waals surface area contributed by atoms with Gasteiger partial charge in [-0.1, -0.05) is 25.1 Å². The van der Waals surface area contributed by atoms with Crippen molar-refractivity contribution in [1.29, 1.82) is 0 Å². The number of nitrogens with zero attached hydrogens (tertiary/aromatic N) is 2. The monoisotopic (exact) mass is 471 g/mol. The van der Waals surface area contributed by atoms with Crippen molar-refractivity contribution in [3.8, 4) is 11.4 Å². The maximum absolute atomic E-state index is 13.3. The molecule has 0 bridgehead atoms. The number of hydrogen-bond donors (Lipinski definition) is 1. The van der Waals surface area contributed by atoms with Crippen molar-refractivity contribution in [1.82, 2.24) is 15.1 Å². The molecule has 2 atom stereocenters. The van der Waals surface area contributed by atoms with Crippen molar-refractivity contribution in [3.63, 3.8) is 0 Å². The Hall–Kier alpha value is -3.67. The predicted octanol–water partition coefficient (Wildman–Crippen LogP) is 6.21. The molecular formula is C29H30FN3O2. The Bertz CT molecular complexity index is 1390. The normalized spacial score (nSPS) is 16.0. The molecule has 1 fully saturated rings. The number of nitrogens with one attached hydrogen (secondary N) is 1. The van der Waals surface area contributed by atoms with Gasteiger partial charge in [-0.3, -0.25) is 4.79 Å². The first-order chi connectivity index (χ1) is 16.7. The quantitative estimate of drug-likeness (QED) is 0.349. The molecule has 180 valence electrons. The van der Waals surface area contributed by atoms with E-state index < -0.39 is 0 Å². The lowest BCUT2D eigenvalue weighted by molar-refractivity contribution is -0.127. The fourth-order valence-corrected chi connectivity index (χ4v) is 4.29. The summed E-state index contributed by atoms with van der Waals surface area (Å²) in [5.41, 5.74) is 4.84. The number of fused-ring (bicyclic) bond motifs is 1. The molecule has 1 aromatic heterocycles. The Morgan fingerprint density at radius 1 is 1.06 bits per heavy atom. The molecule has 4 aromatic rings. The molecule has 0 spiro atoms. The molecule has 0 saturated heterocycles. The van der Waals surface area contributed by atoms with Crippen LogP contribution in [0.25, 0.3) is 16.6 Å². The van der Waals surface area contributed by atoms with Crippen LogP contribution in [0, 0.1) is 25.1 Å². The molecule has 1 aliphatic rings. The first-order valence-corrected chi connectivity index (χ1v) is 12.0. The second-order valence-electron chi connectivity index (χ2n) is 9.96. The number of halogens is 1. The number of amides is 1. The highest BCUT2D eigenvalue weighted by molar-refractivity contribution is 5.85. The third-order valence-electron chi connectivity index (χ3n) is 7.09. The second kappa shape index (κ2) is 8.84. The van der Waals surface area contributed by atoms with Crippen LogP contribution in [0.2, 0.25) is 0 Å². The summed E-state index contributed by atoms with van der Waals surface area (Å²) in [5, 5.41) is 8.59. The molecule has 0 aliphatic heterocycles. The average Bonchev–Trinajstić information content (AvgIpc) is 3.46. The molecule has 3 aromatic carbocycles. The summed E-state index contributed by atoms with van der Waals surface area (Å²) < 4.78 is 21.6. The van der Waals surface area contributed by atoms with Crippen molar-refractivity contribution in [2.75, 3.05) is 0 Å². The van der Waals surface area contributed by atoms with Crippen LogP contribution in [0.1, 0.15) is 49.5 Å². The van der Waals surface area contributed by atoms with E-state index >= 15 is 0 Å². The number of aromatic nitrogens is 2. The number of carbonyl (C=O) groups is 1. The van der Waals surface area contributed by atoms with E-state index in [1.54, 1.807) is 23.0 Å². The molecule has 1 N–H and O–H groups in total. The Morgan fingerprint density at radius 3 is 2.49 bits per heavy atom. The van der Waals surface area contributed by atoms with Crippen molar-refractivity contribution in [2.24, 2.45) is 5.41 Å². The van der Waals surface area contributed by atoms with E-state index in [1.165, 1.54) is 23.3 Å². The molecule has 1 heterocycles. The maximum atomic E-state index is 13.3. The third-order valence-corrected chi connectivity index (χ3v) is 7.09. The van der Waals surface area contributed by atoms with Crippen LogP contribution in [0.15, 0.2) is 66.9 Å². The van der Waals surface area contributed by atoms with Crippen LogP contribution in [0.5, 0.6) is 5.75 Å². The second-order valence-corrected chi connectivity index (χ2v) is 9.96. The minimum atomic E-state index is -0.356. The lowest BCUT2D eigenvalue weighted by atomic mass is 9.98. The molecule has 1 unspecified atom stereocenters. The van der Waals surface area contributed by atoms with Gasteiger partial charge in [-0.15, -0.1) is 0 Å². The fourth-order valence-electron chi connectivity index (χ4n) is 4.29.